The molecule has 0 aromatic heterocycles. The van der Waals surface area contributed by atoms with Crippen molar-refractivity contribution in [2.75, 3.05) is 19.7 Å². The van der Waals surface area contributed by atoms with Crippen molar-refractivity contribution in [3.8, 4) is 0 Å². The molecule has 1 atom stereocenters. The Morgan fingerprint density at radius 1 is 0.972 bits per heavy atom. The minimum Gasteiger partial charge on any atom is -0.379 e. The Labute approximate surface area is 215 Å². The van der Waals surface area contributed by atoms with Crippen LogP contribution in [0, 0.1) is 0 Å². The number of rotatable bonds is 15. The van der Waals surface area contributed by atoms with Gasteiger partial charge < -0.3 is 15.0 Å². The molecule has 0 aliphatic rings. The van der Waals surface area contributed by atoms with Gasteiger partial charge >= 0.3 is 0 Å². The van der Waals surface area contributed by atoms with Gasteiger partial charge in [-0.3, -0.25) is 9.59 Å². The van der Waals surface area contributed by atoms with Gasteiger partial charge in [0.05, 0.1) is 11.0 Å². The van der Waals surface area contributed by atoms with Gasteiger partial charge in [-0.1, -0.05) is 49.4 Å². The van der Waals surface area contributed by atoms with Crippen molar-refractivity contribution in [3.05, 3.63) is 65.7 Å². The lowest BCUT2D eigenvalue weighted by molar-refractivity contribution is -0.140. The summed E-state index contributed by atoms with van der Waals surface area (Å²) < 4.78 is 32.2. The highest BCUT2D eigenvalue weighted by atomic mass is 32.2. The van der Waals surface area contributed by atoms with Crippen LogP contribution in [0.15, 0.2) is 59.5 Å². The molecule has 2 rings (SSSR count). The highest BCUT2D eigenvalue weighted by Gasteiger charge is 2.25. The predicted octanol–water partition coefficient (Wildman–Crippen LogP) is 3.27. The highest BCUT2D eigenvalue weighted by Crippen LogP contribution is 2.15. The number of sulfonamides is 1. The van der Waals surface area contributed by atoms with Crippen LogP contribution in [0.3, 0.4) is 0 Å². The number of nitrogens with zero attached hydrogens (tertiary/aromatic N) is 1. The molecule has 0 bridgehead atoms. The number of hydrogen-bond acceptors (Lipinski definition) is 5. The topological polar surface area (TPSA) is 105 Å². The molecule has 0 heterocycles. The van der Waals surface area contributed by atoms with E-state index in [2.05, 4.69) is 10.0 Å². The van der Waals surface area contributed by atoms with Crippen LogP contribution in [0.2, 0.25) is 0 Å². The SMILES string of the molecule is CCNS(=O)(=O)c1ccc(CCC(=O)N(Cc2ccccc2)[C@H](C)C(=O)NCCCOC(C)C)cc1. The molecular formula is C27H39N3O5S. The Bertz CT molecular complexity index is 1060. The summed E-state index contributed by atoms with van der Waals surface area (Å²) in [5, 5.41) is 2.91. The second-order valence-corrected chi connectivity index (χ2v) is 10.7. The summed E-state index contributed by atoms with van der Waals surface area (Å²) in [6.07, 6.45) is 1.48. The van der Waals surface area contributed by atoms with Crippen molar-refractivity contribution >= 4 is 21.8 Å². The lowest BCUT2D eigenvalue weighted by Gasteiger charge is -2.29. The van der Waals surface area contributed by atoms with Crippen molar-refractivity contribution in [2.45, 2.75) is 70.5 Å². The molecule has 0 saturated heterocycles. The first kappa shape index (κ1) is 29.5. The van der Waals surface area contributed by atoms with Gasteiger partial charge in [0, 0.05) is 32.7 Å². The Morgan fingerprint density at radius 3 is 2.25 bits per heavy atom. The molecule has 0 fully saturated rings. The summed E-state index contributed by atoms with van der Waals surface area (Å²) >= 11 is 0. The van der Waals surface area contributed by atoms with Gasteiger partial charge in [-0.05, 0) is 56.9 Å². The lowest BCUT2D eigenvalue weighted by Crippen LogP contribution is -2.48. The zero-order chi connectivity index (χ0) is 26.6. The van der Waals surface area contributed by atoms with E-state index in [4.69, 9.17) is 4.74 Å². The Morgan fingerprint density at radius 2 is 1.64 bits per heavy atom. The first-order valence-electron chi connectivity index (χ1n) is 12.4. The average Bonchev–Trinajstić information content (AvgIpc) is 2.85. The first-order valence-corrected chi connectivity index (χ1v) is 13.9. The van der Waals surface area contributed by atoms with Crippen LogP contribution in [0.1, 0.15) is 51.7 Å². The summed E-state index contributed by atoms with van der Waals surface area (Å²) in [6, 6.07) is 15.4. The largest absolute Gasteiger partial charge is 0.379 e. The molecule has 2 N–H and O–H groups in total. The molecule has 0 aliphatic heterocycles. The van der Waals surface area contributed by atoms with Gasteiger partial charge in [-0.25, -0.2) is 13.1 Å². The Hall–Kier alpha value is -2.75. The van der Waals surface area contributed by atoms with Gasteiger partial charge in [-0.2, -0.15) is 0 Å². The zero-order valence-corrected chi connectivity index (χ0v) is 22.5. The molecule has 0 saturated carbocycles. The van der Waals surface area contributed by atoms with E-state index in [1.165, 1.54) is 0 Å². The minimum atomic E-state index is -3.52. The second-order valence-electron chi connectivity index (χ2n) is 8.89. The normalized spacial score (nSPS) is 12.4. The van der Waals surface area contributed by atoms with Gasteiger partial charge in [-0.15, -0.1) is 0 Å². The molecule has 2 amide bonds. The molecule has 8 nitrogen and oxygen atoms in total. The van der Waals surface area contributed by atoms with Crippen molar-refractivity contribution in [3.63, 3.8) is 0 Å². The number of aryl methyl sites for hydroxylation is 1. The minimum absolute atomic E-state index is 0.144. The number of carbonyl (C=O) groups is 2. The number of benzene rings is 2. The lowest BCUT2D eigenvalue weighted by atomic mass is 10.1. The standard InChI is InChI=1S/C27H39N3O5S/c1-5-29-36(33,34)25-15-12-23(13-16-25)14-17-26(31)30(20-24-10-7-6-8-11-24)22(4)27(32)28-18-9-19-35-21(2)3/h6-8,10-13,15-16,21-22,29H,5,9,14,17-20H2,1-4H3,(H,28,32)/t22-/m1/s1. The van der Waals surface area contributed by atoms with Crippen molar-refractivity contribution in [1.29, 1.82) is 0 Å². The van der Waals surface area contributed by atoms with E-state index in [1.807, 2.05) is 44.2 Å². The summed E-state index contributed by atoms with van der Waals surface area (Å²) in [5.74, 6) is -0.351. The molecule has 198 valence electrons. The third-order valence-electron chi connectivity index (χ3n) is 5.63. The quantitative estimate of drug-likeness (QED) is 0.353. The van der Waals surface area contributed by atoms with E-state index in [0.29, 0.717) is 39.1 Å². The van der Waals surface area contributed by atoms with Crippen molar-refractivity contribution < 1.29 is 22.7 Å². The molecule has 0 aliphatic carbocycles. The average molecular weight is 518 g/mol. The van der Waals surface area contributed by atoms with E-state index in [0.717, 1.165) is 11.1 Å². The Balaban J connectivity index is 2.03. The van der Waals surface area contributed by atoms with Crippen LogP contribution in [-0.2, 0) is 37.3 Å². The van der Waals surface area contributed by atoms with Crippen LogP contribution < -0.4 is 10.0 Å². The van der Waals surface area contributed by atoms with E-state index < -0.39 is 16.1 Å². The fourth-order valence-corrected chi connectivity index (χ4v) is 4.66. The van der Waals surface area contributed by atoms with Gasteiger partial charge in [0.15, 0.2) is 0 Å². The summed E-state index contributed by atoms with van der Waals surface area (Å²) in [4.78, 5) is 27.9. The van der Waals surface area contributed by atoms with Crippen LogP contribution in [-0.4, -0.2) is 57.0 Å². The monoisotopic (exact) mass is 517 g/mol. The van der Waals surface area contributed by atoms with Gasteiger partial charge in [0.2, 0.25) is 21.8 Å². The molecule has 0 unspecified atom stereocenters. The van der Waals surface area contributed by atoms with E-state index in [1.54, 1.807) is 43.0 Å². The van der Waals surface area contributed by atoms with Crippen LogP contribution in [0.5, 0.6) is 0 Å². The molecule has 2 aromatic carbocycles. The van der Waals surface area contributed by atoms with Crippen molar-refractivity contribution in [1.82, 2.24) is 14.9 Å². The summed E-state index contributed by atoms with van der Waals surface area (Å²) in [6.45, 7) is 9.07. The molecule has 36 heavy (non-hydrogen) atoms. The van der Waals surface area contributed by atoms with E-state index in [9.17, 15) is 18.0 Å². The third-order valence-corrected chi connectivity index (χ3v) is 7.19. The fraction of sp³-hybridized carbons (Fsp3) is 0.481. The number of ether oxygens (including phenoxy) is 1. The van der Waals surface area contributed by atoms with Crippen LogP contribution in [0.4, 0.5) is 0 Å². The maximum Gasteiger partial charge on any atom is 0.242 e. The maximum atomic E-state index is 13.2. The van der Waals surface area contributed by atoms with E-state index >= 15 is 0 Å². The van der Waals surface area contributed by atoms with Crippen LogP contribution >= 0.6 is 0 Å². The highest BCUT2D eigenvalue weighted by molar-refractivity contribution is 7.89. The number of carbonyl (C=O) groups excluding carboxylic acids is 2. The zero-order valence-electron chi connectivity index (χ0n) is 21.7. The molecular weight excluding hydrogens is 478 g/mol. The number of hydrogen-bond donors (Lipinski definition) is 2. The molecule has 2 aromatic rings. The van der Waals surface area contributed by atoms with E-state index in [-0.39, 0.29) is 29.2 Å². The maximum absolute atomic E-state index is 13.2. The fourth-order valence-electron chi connectivity index (χ4n) is 3.62. The first-order chi connectivity index (χ1) is 17.1. The Kier molecular flexibility index (Phi) is 12.1. The molecule has 0 radical (unpaired) electrons. The number of nitrogens with one attached hydrogen (secondary N) is 2. The third kappa shape index (κ3) is 9.72. The van der Waals surface area contributed by atoms with Crippen LogP contribution in [0.25, 0.3) is 0 Å². The predicted molar refractivity (Wildman–Crippen MR) is 141 cm³/mol. The van der Waals surface area contributed by atoms with Crippen molar-refractivity contribution in [2.24, 2.45) is 0 Å². The van der Waals surface area contributed by atoms with Gasteiger partial charge in [0.1, 0.15) is 6.04 Å². The molecule has 9 heteroatoms. The smallest absolute Gasteiger partial charge is 0.242 e. The second kappa shape index (κ2) is 14.7. The molecule has 0 spiro atoms. The summed E-state index contributed by atoms with van der Waals surface area (Å²) in [5.41, 5.74) is 1.79. The van der Waals surface area contributed by atoms with Gasteiger partial charge in [0.25, 0.3) is 0 Å². The summed E-state index contributed by atoms with van der Waals surface area (Å²) in [7, 11) is -3.52. The number of amides is 2.